The molecule has 1 aliphatic rings. The SMILES string of the molecule is CCN1C(N)=NC(n2ccnc2)=NC1N. The van der Waals surface area contributed by atoms with E-state index in [9.17, 15) is 0 Å². The van der Waals surface area contributed by atoms with E-state index >= 15 is 0 Å². The lowest BCUT2D eigenvalue weighted by Crippen LogP contribution is -2.51. The summed E-state index contributed by atoms with van der Waals surface area (Å²) in [5.41, 5.74) is 11.6. The molecule has 0 bridgehead atoms. The number of rotatable bonds is 1. The van der Waals surface area contributed by atoms with E-state index in [0.717, 1.165) is 0 Å². The molecule has 0 saturated heterocycles. The molecule has 2 rings (SSSR count). The van der Waals surface area contributed by atoms with Gasteiger partial charge in [0.05, 0.1) is 0 Å². The van der Waals surface area contributed by atoms with Gasteiger partial charge in [-0.05, 0) is 6.92 Å². The molecule has 0 spiro atoms. The maximum absolute atomic E-state index is 5.82. The Hall–Kier alpha value is -1.89. The minimum absolute atomic E-state index is 0.378. The predicted octanol–water partition coefficient (Wildman–Crippen LogP) is -1.02. The third-order valence-electron chi connectivity index (χ3n) is 2.15. The zero-order valence-electron chi connectivity index (χ0n) is 8.41. The molecular weight excluding hydrogens is 194 g/mol. The van der Waals surface area contributed by atoms with Gasteiger partial charge in [0, 0.05) is 18.9 Å². The summed E-state index contributed by atoms with van der Waals surface area (Å²) >= 11 is 0. The Balaban J connectivity index is 2.31. The van der Waals surface area contributed by atoms with Crippen molar-refractivity contribution in [1.82, 2.24) is 14.5 Å². The molecule has 0 aliphatic carbocycles. The van der Waals surface area contributed by atoms with Gasteiger partial charge in [-0.15, -0.1) is 0 Å². The fourth-order valence-corrected chi connectivity index (χ4v) is 1.37. The monoisotopic (exact) mass is 207 g/mol. The molecule has 0 radical (unpaired) electrons. The lowest BCUT2D eigenvalue weighted by atomic mass is 10.5. The molecule has 4 N–H and O–H groups in total. The number of hydrogen-bond acceptors (Lipinski definition) is 6. The van der Waals surface area contributed by atoms with Gasteiger partial charge < -0.3 is 10.6 Å². The predicted molar refractivity (Wildman–Crippen MR) is 57.0 cm³/mol. The van der Waals surface area contributed by atoms with Gasteiger partial charge in [0.1, 0.15) is 6.33 Å². The highest BCUT2D eigenvalue weighted by Gasteiger charge is 2.20. The first kappa shape index (κ1) is 9.66. The zero-order valence-corrected chi connectivity index (χ0v) is 8.41. The summed E-state index contributed by atoms with van der Waals surface area (Å²) in [6.07, 6.45) is 4.50. The van der Waals surface area contributed by atoms with Gasteiger partial charge in [0.2, 0.25) is 11.9 Å². The van der Waals surface area contributed by atoms with E-state index in [1.54, 1.807) is 28.2 Å². The van der Waals surface area contributed by atoms with Crippen LogP contribution >= 0.6 is 0 Å². The molecule has 2 heterocycles. The van der Waals surface area contributed by atoms with Crippen molar-refractivity contribution in [3.8, 4) is 0 Å². The summed E-state index contributed by atoms with van der Waals surface area (Å²) in [7, 11) is 0. The maximum Gasteiger partial charge on any atom is 0.236 e. The molecule has 80 valence electrons. The van der Waals surface area contributed by atoms with Crippen LogP contribution in [0.2, 0.25) is 0 Å². The summed E-state index contributed by atoms with van der Waals surface area (Å²) in [4.78, 5) is 14.0. The van der Waals surface area contributed by atoms with Crippen LogP contribution in [-0.2, 0) is 0 Å². The van der Waals surface area contributed by atoms with E-state index in [2.05, 4.69) is 15.0 Å². The van der Waals surface area contributed by atoms with Gasteiger partial charge in [-0.2, -0.15) is 4.99 Å². The molecule has 1 unspecified atom stereocenters. The van der Waals surface area contributed by atoms with Crippen LogP contribution in [0, 0.1) is 0 Å². The van der Waals surface area contributed by atoms with E-state index in [1.807, 2.05) is 6.92 Å². The molecule has 0 fully saturated rings. The molecule has 1 aromatic rings. The molecule has 7 nitrogen and oxygen atoms in total. The van der Waals surface area contributed by atoms with Gasteiger partial charge in [0.15, 0.2) is 6.29 Å². The Morgan fingerprint density at radius 2 is 2.33 bits per heavy atom. The first-order valence-corrected chi connectivity index (χ1v) is 4.65. The average molecular weight is 207 g/mol. The third-order valence-corrected chi connectivity index (χ3v) is 2.15. The Labute approximate surface area is 87.1 Å². The fraction of sp³-hybridized carbons (Fsp3) is 0.375. The number of nitrogens with two attached hydrogens (primary N) is 2. The minimum atomic E-state index is -0.482. The second-order valence-corrected chi connectivity index (χ2v) is 3.07. The minimum Gasteiger partial charge on any atom is -0.369 e. The van der Waals surface area contributed by atoms with Crippen LogP contribution in [0.1, 0.15) is 6.92 Å². The highest BCUT2D eigenvalue weighted by atomic mass is 15.4. The van der Waals surface area contributed by atoms with E-state index in [4.69, 9.17) is 11.5 Å². The van der Waals surface area contributed by atoms with Gasteiger partial charge in [0.25, 0.3) is 0 Å². The Morgan fingerprint density at radius 3 is 2.87 bits per heavy atom. The summed E-state index contributed by atoms with van der Waals surface area (Å²) in [6.45, 7) is 2.62. The largest absolute Gasteiger partial charge is 0.369 e. The molecule has 0 saturated carbocycles. The lowest BCUT2D eigenvalue weighted by Gasteiger charge is -2.29. The Kier molecular flexibility index (Phi) is 2.38. The molecule has 7 heteroatoms. The van der Waals surface area contributed by atoms with Gasteiger partial charge in [-0.25, -0.2) is 9.98 Å². The van der Waals surface area contributed by atoms with Crippen molar-refractivity contribution in [3.63, 3.8) is 0 Å². The zero-order chi connectivity index (χ0) is 10.8. The van der Waals surface area contributed by atoms with Crippen molar-refractivity contribution in [3.05, 3.63) is 18.7 Å². The second-order valence-electron chi connectivity index (χ2n) is 3.07. The van der Waals surface area contributed by atoms with E-state index < -0.39 is 6.29 Å². The highest BCUT2D eigenvalue weighted by Crippen LogP contribution is 2.04. The topological polar surface area (TPSA) is 97.8 Å². The second kappa shape index (κ2) is 3.70. The number of hydrogen-bond donors (Lipinski definition) is 2. The number of guanidine groups is 1. The molecule has 1 aromatic heterocycles. The van der Waals surface area contributed by atoms with Gasteiger partial charge >= 0.3 is 0 Å². The Bertz CT molecular complexity index is 391. The Morgan fingerprint density at radius 1 is 1.53 bits per heavy atom. The normalized spacial score (nSPS) is 21.2. The van der Waals surface area contributed by atoms with E-state index in [-0.39, 0.29) is 0 Å². The highest BCUT2D eigenvalue weighted by molar-refractivity contribution is 5.97. The van der Waals surface area contributed by atoms with E-state index in [0.29, 0.717) is 18.5 Å². The molecule has 0 aromatic carbocycles. The summed E-state index contributed by atoms with van der Waals surface area (Å²) in [5, 5.41) is 0. The molecule has 1 aliphatic heterocycles. The molecule has 0 amide bonds. The molecular formula is C8H13N7. The fourth-order valence-electron chi connectivity index (χ4n) is 1.37. The first-order chi connectivity index (χ1) is 7.22. The summed E-state index contributed by atoms with van der Waals surface area (Å²) < 4.78 is 1.67. The van der Waals surface area contributed by atoms with Crippen molar-refractivity contribution in [2.75, 3.05) is 6.54 Å². The van der Waals surface area contributed by atoms with Crippen LogP contribution in [0.15, 0.2) is 28.7 Å². The van der Waals surface area contributed by atoms with Crippen molar-refractivity contribution < 1.29 is 0 Å². The number of imidazole rings is 1. The summed E-state index contributed by atoms with van der Waals surface area (Å²) in [6, 6.07) is 0. The van der Waals surface area contributed by atoms with Crippen LogP contribution in [0.4, 0.5) is 0 Å². The average Bonchev–Trinajstić information content (AvgIpc) is 2.69. The number of aromatic nitrogens is 2. The van der Waals surface area contributed by atoms with Crippen molar-refractivity contribution in [1.29, 1.82) is 0 Å². The maximum atomic E-state index is 5.82. The van der Waals surface area contributed by atoms with Crippen LogP contribution < -0.4 is 11.5 Å². The van der Waals surface area contributed by atoms with Gasteiger partial charge in [-0.3, -0.25) is 10.3 Å². The number of aliphatic imine (C=N–C) groups is 2. The quantitative estimate of drug-likeness (QED) is 0.615. The molecule has 15 heavy (non-hydrogen) atoms. The van der Waals surface area contributed by atoms with E-state index in [1.165, 1.54) is 0 Å². The molecule has 1 atom stereocenters. The van der Waals surface area contributed by atoms with Crippen LogP contribution in [0.25, 0.3) is 0 Å². The lowest BCUT2D eigenvalue weighted by molar-refractivity contribution is 0.331. The standard InChI is InChI=1S/C8H13N7/c1-2-15-6(9)12-8(13-7(15)10)14-4-3-11-5-14/h3-6H,2,9H2,1H3,(H2,10,12,13). The van der Waals surface area contributed by atoms with Crippen molar-refractivity contribution >= 4 is 11.9 Å². The van der Waals surface area contributed by atoms with Crippen molar-refractivity contribution in [2.24, 2.45) is 21.5 Å². The first-order valence-electron chi connectivity index (χ1n) is 4.65. The van der Waals surface area contributed by atoms with Crippen molar-refractivity contribution in [2.45, 2.75) is 13.2 Å². The van der Waals surface area contributed by atoms with Gasteiger partial charge in [-0.1, -0.05) is 0 Å². The number of nitrogens with zero attached hydrogens (tertiary/aromatic N) is 5. The third kappa shape index (κ3) is 1.68. The van der Waals surface area contributed by atoms with Crippen LogP contribution in [0.5, 0.6) is 0 Å². The summed E-state index contributed by atoms with van der Waals surface area (Å²) in [5.74, 6) is 0.839. The smallest absolute Gasteiger partial charge is 0.236 e. The van der Waals surface area contributed by atoms with Crippen LogP contribution in [0.3, 0.4) is 0 Å². The van der Waals surface area contributed by atoms with Crippen LogP contribution in [-0.4, -0.2) is 39.2 Å².